The number of hydrogen-bond donors (Lipinski definition) is 2. The fourth-order valence-corrected chi connectivity index (χ4v) is 4.76. The summed E-state index contributed by atoms with van der Waals surface area (Å²) >= 11 is 1.65. The first kappa shape index (κ1) is 23.7. The van der Waals surface area contributed by atoms with E-state index in [9.17, 15) is 4.79 Å². The Morgan fingerprint density at radius 2 is 1.78 bits per heavy atom. The van der Waals surface area contributed by atoms with Crippen LogP contribution in [0.1, 0.15) is 24.3 Å². The molecule has 5 rings (SSSR count). The van der Waals surface area contributed by atoms with E-state index in [1.54, 1.807) is 23.5 Å². The highest BCUT2D eigenvalue weighted by molar-refractivity contribution is 7.13. The number of aromatic nitrogens is 2. The Bertz CT molecular complexity index is 1520. The van der Waals surface area contributed by atoms with Gasteiger partial charge in [0.15, 0.2) is 0 Å². The Morgan fingerprint density at radius 1 is 0.972 bits per heavy atom. The SMILES string of the molecule is Cc1ccc(CN(C)C)cc1NC(=O)c1ccc(Nc2nc(-c3cccs3)c3ccccc3n2)cc1.[HH].[HH]. The molecule has 6 nitrogen and oxygen atoms in total. The zero-order valence-corrected chi connectivity index (χ0v) is 21.3. The van der Waals surface area contributed by atoms with Gasteiger partial charge in [-0.25, -0.2) is 9.97 Å². The van der Waals surface area contributed by atoms with Crippen molar-refractivity contribution in [2.45, 2.75) is 13.5 Å². The number of rotatable bonds is 7. The van der Waals surface area contributed by atoms with Gasteiger partial charge >= 0.3 is 0 Å². The van der Waals surface area contributed by atoms with E-state index in [2.05, 4.69) is 27.7 Å². The van der Waals surface area contributed by atoms with E-state index >= 15 is 0 Å². The van der Waals surface area contributed by atoms with E-state index in [-0.39, 0.29) is 8.76 Å². The average Bonchev–Trinajstić information content (AvgIpc) is 3.41. The van der Waals surface area contributed by atoms with Gasteiger partial charge in [-0.05, 0) is 80.0 Å². The second-order valence-electron chi connectivity index (χ2n) is 8.93. The highest BCUT2D eigenvalue weighted by atomic mass is 32.1. The number of aryl methyl sites for hydroxylation is 1. The van der Waals surface area contributed by atoms with Gasteiger partial charge in [-0.2, -0.15) is 0 Å². The molecule has 0 aliphatic carbocycles. The molecular weight excluding hydrogens is 466 g/mol. The van der Waals surface area contributed by atoms with Crippen LogP contribution >= 0.6 is 11.3 Å². The lowest BCUT2D eigenvalue weighted by molar-refractivity contribution is 0.102. The van der Waals surface area contributed by atoms with Crippen LogP contribution in [0.4, 0.5) is 17.3 Å². The highest BCUT2D eigenvalue weighted by Crippen LogP contribution is 2.31. The molecule has 0 unspecified atom stereocenters. The van der Waals surface area contributed by atoms with Gasteiger partial charge in [0.1, 0.15) is 0 Å². The van der Waals surface area contributed by atoms with Gasteiger partial charge in [-0.3, -0.25) is 4.79 Å². The van der Waals surface area contributed by atoms with E-state index in [0.717, 1.165) is 50.5 Å². The first-order valence-electron chi connectivity index (χ1n) is 11.7. The minimum Gasteiger partial charge on any atom is -0.324 e. The third-order valence-corrected chi connectivity index (χ3v) is 6.69. The Morgan fingerprint density at radius 3 is 2.53 bits per heavy atom. The van der Waals surface area contributed by atoms with E-state index in [4.69, 9.17) is 9.97 Å². The van der Waals surface area contributed by atoms with Crippen molar-refractivity contribution < 1.29 is 7.65 Å². The molecule has 0 aliphatic heterocycles. The van der Waals surface area contributed by atoms with Gasteiger partial charge in [0.05, 0.1) is 16.1 Å². The minimum absolute atomic E-state index is 0. The van der Waals surface area contributed by atoms with Gasteiger partial charge < -0.3 is 15.5 Å². The lowest BCUT2D eigenvalue weighted by atomic mass is 10.1. The summed E-state index contributed by atoms with van der Waals surface area (Å²) in [6.07, 6.45) is 0. The second kappa shape index (κ2) is 10.3. The molecule has 3 aromatic carbocycles. The summed E-state index contributed by atoms with van der Waals surface area (Å²) in [5.74, 6) is 0.372. The topological polar surface area (TPSA) is 70.2 Å². The monoisotopic (exact) mass is 497 g/mol. The van der Waals surface area contributed by atoms with Crippen LogP contribution in [0, 0.1) is 6.92 Å². The lowest BCUT2D eigenvalue weighted by Gasteiger charge is -2.14. The molecule has 0 saturated heterocycles. The van der Waals surface area contributed by atoms with Gasteiger partial charge in [0.25, 0.3) is 5.91 Å². The molecule has 5 aromatic rings. The zero-order valence-electron chi connectivity index (χ0n) is 20.4. The number of carbonyl (C=O) groups excluding carboxylic acids is 1. The number of nitrogens with one attached hydrogen (secondary N) is 2. The summed E-state index contributed by atoms with van der Waals surface area (Å²) in [6.45, 7) is 2.81. The van der Waals surface area contributed by atoms with E-state index in [1.807, 2.05) is 81.0 Å². The van der Waals surface area contributed by atoms with Crippen LogP contribution < -0.4 is 10.6 Å². The highest BCUT2D eigenvalue weighted by Gasteiger charge is 2.12. The molecule has 184 valence electrons. The maximum absolute atomic E-state index is 12.9. The molecule has 2 aromatic heterocycles. The van der Waals surface area contributed by atoms with Crippen molar-refractivity contribution in [3.8, 4) is 10.6 Å². The van der Waals surface area contributed by atoms with Crippen molar-refractivity contribution in [3.63, 3.8) is 0 Å². The number of carbonyl (C=O) groups is 1. The van der Waals surface area contributed by atoms with Crippen LogP contribution in [0.15, 0.2) is 84.2 Å². The molecule has 0 spiro atoms. The standard InChI is InChI=1S/C29H27N5OS.2H2/c1-19-10-11-20(18-34(2)3)17-25(19)31-28(35)21-12-14-22(15-13-21)30-29-32-24-8-5-4-7-23(24)27(33-29)26-9-6-16-36-26;;/h4-17H,18H2,1-3H3,(H,31,35)(H,30,32,33);2*1H. The van der Waals surface area contributed by atoms with Crippen molar-refractivity contribution in [1.82, 2.24) is 14.9 Å². The van der Waals surface area contributed by atoms with Gasteiger partial charge in [-0.1, -0.05) is 36.4 Å². The molecule has 0 fully saturated rings. The summed E-state index contributed by atoms with van der Waals surface area (Å²) in [5, 5.41) is 9.41. The number of para-hydroxylation sites is 1. The largest absolute Gasteiger partial charge is 0.324 e. The summed E-state index contributed by atoms with van der Waals surface area (Å²) in [7, 11) is 4.05. The van der Waals surface area contributed by atoms with Crippen LogP contribution in [-0.2, 0) is 6.54 Å². The van der Waals surface area contributed by atoms with Crippen LogP contribution in [0.3, 0.4) is 0 Å². The van der Waals surface area contributed by atoms with Gasteiger partial charge in [-0.15, -0.1) is 11.3 Å². The molecule has 2 N–H and O–H groups in total. The van der Waals surface area contributed by atoms with Crippen LogP contribution in [0.2, 0.25) is 0 Å². The van der Waals surface area contributed by atoms with Crippen LogP contribution in [0.5, 0.6) is 0 Å². The second-order valence-corrected chi connectivity index (χ2v) is 9.88. The first-order chi connectivity index (χ1) is 17.5. The number of nitrogens with zero attached hydrogens (tertiary/aromatic N) is 3. The average molecular weight is 498 g/mol. The number of amides is 1. The predicted octanol–water partition coefficient (Wildman–Crippen LogP) is 7.22. The molecule has 0 aliphatic rings. The van der Waals surface area contributed by atoms with Crippen LogP contribution in [-0.4, -0.2) is 34.9 Å². The maximum Gasteiger partial charge on any atom is 0.255 e. The molecule has 2 heterocycles. The lowest BCUT2D eigenvalue weighted by Crippen LogP contribution is -2.14. The number of hydrogen-bond acceptors (Lipinski definition) is 6. The molecule has 0 atom stereocenters. The predicted molar refractivity (Wildman–Crippen MR) is 153 cm³/mol. The summed E-state index contributed by atoms with van der Waals surface area (Å²) < 4.78 is 0. The smallest absolute Gasteiger partial charge is 0.255 e. The normalized spacial score (nSPS) is 11.1. The first-order valence-corrected chi connectivity index (χ1v) is 12.6. The Hall–Kier alpha value is -4.07. The number of thiophene rings is 1. The van der Waals surface area contributed by atoms with Crippen molar-refractivity contribution >= 4 is 45.5 Å². The Balaban J connectivity index is 0.00000200. The Labute approximate surface area is 217 Å². The summed E-state index contributed by atoms with van der Waals surface area (Å²) in [4.78, 5) is 25.6. The van der Waals surface area contributed by atoms with Crippen LogP contribution in [0.25, 0.3) is 21.5 Å². The van der Waals surface area contributed by atoms with Crippen molar-refractivity contribution in [3.05, 3.63) is 101 Å². The maximum atomic E-state index is 12.9. The molecule has 0 saturated carbocycles. The van der Waals surface area contributed by atoms with Crippen molar-refractivity contribution in [2.24, 2.45) is 0 Å². The number of benzene rings is 3. The van der Waals surface area contributed by atoms with Crippen molar-refractivity contribution in [2.75, 3.05) is 24.7 Å². The third kappa shape index (κ3) is 5.27. The fraction of sp³-hybridized carbons (Fsp3) is 0.138. The number of anilines is 3. The van der Waals surface area contributed by atoms with Gasteiger partial charge in [0.2, 0.25) is 5.95 Å². The van der Waals surface area contributed by atoms with Crippen molar-refractivity contribution in [1.29, 1.82) is 0 Å². The molecule has 7 heteroatoms. The molecule has 0 radical (unpaired) electrons. The van der Waals surface area contributed by atoms with E-state index < -0.39 is 0 Å². The molecule has 1 amide bonds. The fourth-order valence-electron chi connectivity index (χ4n) is 4.03. The van der Waals surface area contributed by atoms with E-state index in [1.165, 1.54) is 0 Å². The minimum atomic E-state index is -0.145. The number of fused-ring (bicyclic) bond motifs is 1. The third-order valence-electron chi connectivity index (χ3n) is 5.81. The Kier molecular flexibility index (Phi) is 6.75. The summed E-state index contributed by atoms with van der Waals surface area (Å²) in [6, 6.07) is 25.6. The summed E-state index contributed by atoms with van der Waals surface area (Å²) in [5.41, 5.74) is 6.17. The molecule has 0 bridgehead atoms. The molecular formula is C29H31N5OS. The van der Waals surface area contributed by atoms with E-state index in [0.29, 0.717) is 11.5 Å². The quantitative estimate of drug-likeness (QED) is 0.248. The zero-order chi connectivity index (χ0) is 25.1. The molecule has 36 heavy (non-hydrogen) atoms. The van der Waals surface area contributed by atoms with Gasteiger partial charge in [0, 0.05) is 31.7 Å².